The van der Waals surface area contributed by atoms with Crippen molar-refractivity contribution >= 4 is 12.2 Å². The maximum atomic E-state index is 12.7. The molecular formula is C14H15FN4O. The van der Waals surface area contributed by atoms with Crippen LogP contribution in [-0.2, 0) is 0 Å². The predicted molar refractivity (Wildman–Crippen MR) is 76.6 cm³/mol. The Morgan fingerprint density at radius 2 is 2.05 bits per heavy atom. The maximum absolute atomic E-state index is 12.7. The molecule has 6 heteroatoms. The molecule has 104 valence electrons. The third-order valence-electron chi connectivity index (χ3n) is 2.61. The molecule has 0 aliphatic rings. The average molecular weight is 274 g/mol. The summed E-state index contributed by atoms with van der Waals surface area (Å²) in [6.07, 6.45) is 1.52. The van der Waals surface area contributed by atoms with E-state index in [-0.39, 0.29) is 23.2 Å². The summed E-state index contributed by atoms with van der Waals surface area (Å²) in [6.45, 7) is 3.90. The predicted octanol–water partition coefficient (Wildman–Crippen LogP) is 2.48. The lowest BCUT2D eigenvalue weighted by Gasteiger charge is -2.05. The Morgan fingerprint density at radius 1 is 1.35 bits per heavy atom. The average Bonchev–Trinajstić information content (AvgIpc) is 2.40. The number of rotatable bonds is 4. The van der Waals surface area contributed by atoms with Crippen molar-refractivity contribution in [3.8, 4) is 0 Å². The minimum absolute atomic E-state index is 0.152. The molecule has 0 saturated carbocycles. The number of aromatic nitrogens is 2. The number of H-pyrrole nitrogens is 1. The van der Waals surface area contributed by atoms with Crippen molar-refractivity contribution in [2.24, 2.45) is 5.10 Å². The molecule has 20 heavy (non-hydrogen) atoms. The van der Waals surface area contributed by atoms with Crippen LogP contribution in [0.25, 0.3) is 0 Å². The lowest BCUT2D eigenvalue weighted by Crippen LogP contribution is -2.12. The van der Waals surface area contributed by atoms with Gasteiger partial charge in [0.15, 0.2) is 0 Å². The standard InChI is InChI=1S/C14H15FN4O/c1-9(2)12-7-13(20)18-14(17-12)19-16-8-10-3-5-11(15)6-4-10/h3-9H,1-2H3,(H2,17,18,19,20)/b16-8-. The van der Waals surface area contributed by atoms with E-state index in [0.717, 1.165) is 5.56 Å². The Morgan fingerprint density at radius 3 is 2.70 bits per heavy atom. The van der Waals surface area contributed by atoms with Crippen LogP contribution in [0.15, 0.2) is 40.2 Å². The van der Waals surface area contributed by atoms with E-state index in [2.05, 4.69) is 20.5 Å². The third kappa shape index (κ3) is 3.74. The van der Waals surface area contributed by atoms with Crippen LogP contribution in [0.1, 0.15) is 31.0 Å². The molecule has 1 heterocycles. The fraction of sp³-hybridized carbons (Fsp3) is 0.214. The molecule has 0 radical (unpaired) electrons. The van der Waals surface area contributed by atoms with Gasteiger partial charge in [-0.3, -0.25) is 9.78 Å². The summed E-state index contributed by atoms with van der Waals surface area (Å²) in [7, 11) is 0. The lowest BCUT2D eigenvalue weighted by molar-refractivity contribution is 0.628. The Balaban J connectivity index is 2.10. The molecule has 0 amide bonds. The van der Waals surface area contributed by atoms with Crippen LogP contribution < -0.4 is 11.0 Å². The van der Waals surface area contributed by atoms with Gasteiger partial charge < -0.3 is 0 Å². The zero-order valence-corrected chi connectivity index (χ0v) is 11.2. The van der Waals surface area contributed by atoms with Gasteiger partial charge in [-0.2, -0.15) is 5.10 Å². The third-order valence-corrected chi connectivity index (χ3v) is 2.61. The summed E-state index contributed by atoms with van der Waals surface area (Å²) < 4.78 is 12.7. The molecule has 2 N–H and O–H groups in total. The van der Waals surface area contributed by atoms with E-state index in [0.29, 0.717) is 5.69 Å². The number of benzene rings is 1. The van der Waals surface area contributed by atoms with Gasteiger partial charge in [-0.05, 0) is 23.6 Å². The van der Waals surface area contributed by atoms with Crippen LogP contribution in [0.5, 0.6) is 0 Å². The summed E-state index contributed by atoms with van der Waals surface area (Å²) in [6, 6.07) is 7.35. The zero-order chi connectivity index (χ0) is 14.5. The first-order valence-electron chi connectivity index (χ1n) is 6.20. The first-order chi connectivity index (χ1) is 9.54. The van der Waals surface area contributed by atoms with Gasteiger partial charge in [-0.15, -0.1) is 0 Å². The Hall–Kier alpha value is -2.50. The molecule has 2 rings (SSSR count). The summed E-state index contributed by atoms with van der Waals surface area (Å²) >= 11 is 0. The molecule has 5 nitrogen and oxygen atoms in total. The van der Waals surface area contributed by atoms with Gasteiger partial charge in [-0.25, -0.2) is 14.8 Å². The molecular weight excluding hydrogens is 259 g/mol. The molecule has 0 spiro atoms. The minimum atomic E-state index is -0.300. The molecule has 2 aromatic rings. The molecule has 0 fully saturated rings. The number of nitrogens with one attached hydrogen (secondary N) is 2. The molecule has 0 bridgehead atoms. The van der Waals surface area contributed by atoms with Crippen LogP contribution in [0.4, 0.5) is 10.3 Å². The van der Waals surface area contributed by atoms with Crippen LogP contribution in [0.3, 0.4) is 0 Å². The van der Waals surface area contributed by atoms with Gasteiger partial charge in [-0.1, -0.05) is 26.0 Å². The zero-order valence-electron chi connectivity index (χ0n) is 11.2. The molecule has 0 aliphatic carbocycles. The lowest BCUT2D eigenvalue weighted by atomic mass is 10.1. The Labute approximate surface area is 115 Å². The van der Waals surface area contributed by atoms with Crippen LogP contribution in [0, 0.1) is 5.82 Å². The quantitative estimate of drug-likeness (QED) is 0.664. The van der Waals surface area contributed by atoms with Crippen molar-refractivity contribution in [3.63, 3.8) is 0 Å². The van der Waals surface area contributed by atoms with Crippen LogP contribution >= 0.6 is 0 Å². The molecule has 0 atom stereocenters. The first-order valence-corrected chi connectivity index (χ1v) is 6.20. The second-order valence-corrected chi connectivity index (χ2v) is 4.60. The smallest absolute Gasteiger partial charge is 0.252 e. The molecule has 1 aromatic heterocycles. The monoisotopic (exact) mass is 274 g/mol. The second-order valence-electron chi connectivity index (χ2n) is 4.60. The molecule has 0 saturated heterocycles. The summed E-state index contributed by atoms with van der Waals surface area (Å²) in [5, 5.41) is 3.95. The minimum Gasteiger partial charge on any atom is -0.291 e. The van der Waals surface area contributed by atoms with Crippen molar-refractivity contribution in [1.29, 1.82) is 0 Å². The van der Waals surface area contributed by atoms with E-state index in [1.54, 1.807) is 12.1 Å². The SMILES string of the molecule is CC(C)c1cc(=O)[nH]c(N/N=C\c2ccc(F)cc2)n1. The normalized spacial score (nSPS) is 11.2. The Kier molecular flexibility index (Phi) is 4.24. The number of hydrazone groups is 1. The maximum Gasteiger partial charge on any atom is 0.252 e. The number of aromatic amines is 1. The topological polar surface area (TPSA) is 70.1 Å². The van der Waals surface area contributed by atoms with Gasteiger partial charge in [0.25, 0.3) is 5.56 Å². The number of nitrogens with zero attached hydrogens (tertiary/aromatic N) is 2. The van der Waals surface area contributed by atoms with Gasteiger partial charge >= 0.3 is 0 Å². The van der Waals surface area contributed by atoms with Crippen LogP contribution in [0.2, 0.25) is 0 Å². The van der Waals surface area contributed by atoms with Crippen molar-refractivity contribution in [2.45, 2.75) is 19.8 Å². The van der Waals surface area contributed by atoms with E-state index >= 15 is 0 Å². The van der Waals surface area contributed by atoms with E-state index in [4.69, 9.17) is 0 Å². The van der Waals surface area contributed by atoms with E-state index in [1.165, 1.54) is 24.4 Å². The fourth-order valence-corrected chi connectivity index (χ4v) is 1.54. The largest absolute Gasteiger partial charge is 0.291 e. The van der Waals surface area contributed by atoms with Crippen molar-refractivity contribution in [2.75, 3.05) is 5.43 Å². The van der Waals surface area contributed by atoms with E-state index in [9.17, 15) is 9.18 Å². The van der Waals surface area contributed by atoms with Gasteiger partial charge in [0.2, 0.25) is 5.95 Å². The van der Waals surface area contributed by atoms with Crippen LogP contribution in [-0.4, -0.2) is 16.2 Å². The highest BCUT2D eigenvalue weighted by atomic mass is 19.1. The highest BCUT2D eigenvalue weighted by Crippen LogP contribution is 2.09. The van der Waals surface area contributed by atoms with Crippen molar-refractivity contribution in [3.05, 3.63) is 57.8 Å². The molecule has 1 aromatic carbocycles. The fourth-order valence-electron chi connectivity index (χ4n) is 1.54. The number of halogens is 1. The van der Waals surface area contributed by atoms with Gasteiger partial charge in [0.1, 0.15) is 5.82 Å². The molecule has 0 unspecified atom stereocenters. The van der Waals surface area contributed by atoms with Crippen molar-refractivity contribution < 1.29 is 4.39 Å². The highest BCUT2D eigenvalue weighted by molar-refractivity contribution is 5.79. The first kappa shape index (κ1) is 13.9. The number of anilines is 1. The number of hydrogen-bond acceptors (Lipinski definition) is 4. The summed E-state index contributed by atoms with van der Waals surface area (Å²) in [5.41, 5.74) is 3.85. The Bertz CT molecular complexity index is 662. The van der Waals surface area contributed by atoms with Crippen molar-refractivity contribution in [1.82, 2.24) is 9.97 Å². The van der Waals surface area contributed by atoms with Gasteiger partial charge in [0.05, 0.1) is 11.9 Å². The highest BCUT2D eigenvalue weighted by Gasteiger charge is 2.04. The van der Waals surface area contributed by atoms with E-state index < -0.39 is 0 Å². The van der Waals surface area contributed by atoms with E-state index in [1.807, 2.05) is 13.8 Å². The second kappa shape index (κ2) is 6.10. The van der Waals surface area contributed by atoms with Gasteiger partial charge in [0, 0.05) is 6.07 Å². The summed E-state index contributed by atoms with van der Waals surface area (Å²) in [4.78, 5) is 18.2. The summed E-state index contributed by atoms with van der Waals surface area (Å²) in [5.74, 6) is 0.129. The number of hydrogen-bond donors (Lipinski definition) is 2. The molecule has 0 aliphatic heterocycles.